The molecule has 1 N–H and O–H groups in total. The largest absolute Gasteiger partial charge is 0.490 e. The molecule has 4 nitrogen and oxygen atoms in total. The van der Waals surface area contributed by atoms with Gasteiger partial charge in [-0.25, -0.2) is 0 Å². The average Bonchev–Trinajstić information content (AvgIpc) is 2.39. The average molecular weight is 251 g/mol. The Morgan fingerprint density at radius 2 is 1.83 bits per heavy atom. The van der Waals surface area contributed by atoms with Gasteiger partial charge in [0.2, 0.25) is 5.91 Å². The quantitative estimate of drug-likeness (QED) is 0.808. The van der Waals surface area contributed by atoms with Crippen LogP contribution in [-0.4, -0.2) is 26.2 Å². The summed E-state index contributed by atoms with van der Waals surface area (Å²) < 4.78 is 11.0. The van der Waals surface area contributed by atoms with E-state index in [1.165, 1.54) is 0 Å². The normalized spacial score (nSPS) is 9.94. The molecule has 0 spiro atoms. The highest BCUT2D eigenvalue weighted by atomic mass is 16.5. The van der Waals surface area contributed by atoms with Gasteiger partial charge in [-0.05, 0) is 38.0 Å². The van der Waals surface area contributed by atoms with Crippen LogP contribution in [0, 0.1) is 0 Å². The van der Waals surface area contributed by atoms with E-state index in [1.54, 1.807) is 7.05 Å². The van der Waals surface area contributed by atoms with Crippen LogP contribution >= 0.6 is 0 Å². The van der Waals surface area contributed by atoms with Gasteiger partial charge in [0.05, 0.1) is 13.2 Å². The van der Waals surface area contributed by atoms with Gasteiger partial charge < -0.3 is 14.8 Å². The Morgan fingerprint density at radius 3 is 2.44 bits per heavy atom. The summed E-state index contributed by atoms with van der Waals surface area (Å²) in [5.74, 6) is 1.54. The van der Waals surface area contributed by atoms with Crippen LogP contribution in [0.1, 0.15) is 25.8 Å². The number of amides is 1. The SMILES string of the molecule is CCOc1ccc(CCC(=O)NC)cc1OCC. The van der Waals surface area contributed by atoms with Crippen molar-refractivity contribution in [2.45, 2.75) is 26.7 Å². The molecule has 0 bridgehead atoms. The van der Waals surface area contributed by atoms with E-state index in [2.05, 4.69) is 5.32 Å². The fourth-order valence-corrected chi connectivity index (χ4v) is 1.63. The standard InChI is InChI=1S/C14H21NO3/c1-4-17-12-8-6-11(7-9-14(16)15-3)10-13(12)18-5-2/h6,8,10H,4-5,7,9H2,1-3H3,(H,15,16). The zero-order valence-corrected chi connectivity index (χ0v) is 11.3. The molecule has 4 heteroatoms. The van der Waals surface area contributed by atoms with Gasteiger partial charge in [-0.1, -0.05) is 6.07 Å². The molecule has 1 rings (SSSR count). The van der Waals surface area contributed by atoms with Gasteiger partial charge >= 0.3 is 0 Å². The Balaban J connectivity index is 2.75. The number of aryl methyl sites for hydroxylation is 1. The molecule has 0 unspecified atom stereocenters. The molecule has 0 saturated heterocycles. The number of hydrogen-bond donors (Lipinski definition) is 1. The van der Waals surface area contributed by atoms with Crippen molar-refractivity contribution in [2.75, 3.05) is 20.3 Å². The monoisotopic (exact) mass is 251 g/mol. The van der Waals surface area contributed by atoms with E-state index < -0.39 is 0 Å². The highest BCUT2D eigenvalue weighted by molar-refractivity contribution is 5.75. The second kappa shape index (κ2) is 7.58. The minimum atomic E-state index is 0.0434. The summed E-state index contributed by atoms with van der Waals surface area (Å²) in [5.41, 5.74) is 1.07. The number of rotatable bonds is 7. The minimum Gasteiger partial charge on any atom is -0.490 e. The zero-order valence-electron chi connectivity index (χ0n) is 11.3. The second-order valence-electron chi connectivity index (χ2n) is 3.82. The maximum absolute atomic E-state index is 11.2. The Bertz CT molecular complexity index is 391. The molecule has 0 aliphatic rings. The van der Waals surface area contributed by atoms with E-state index >= 15 is 0 Å². The third kappa shape index (κ3) is 4.28. The molecule has 0 fully saturated rings. The number of hydrogen-bond acceptors (Lipinski definition) is 3. The Labute approximate surface area is 108 Å². The van der Waals surface area contributed by atoms with Crippen LogP contribution in [0.2, 0.25) is 0 Å². The van der Waals surface area contributed by atoms with Crippen LogP contribution in [0.5, 0.6) is 11.5 Å². The van der Waals surface area contributed by atoms with Crippen molar-refractivity contribution < 1.29 is 14.3 Å². The van der Waals surface area contributed by atoms with Gasteiger partial charge in [-0.2, -0.15) is 0 Å². The van der Waals surface area contributed by atoms with Crippen LogP contribution < -0.4 is 14.8 Å². The molecule has 1 aromatic rings. The van der Waals surface area contributed by atoms with E-state index in [-0.39, 0.29) is 5.91 Å². The lowest BCUT2D eigenvalue weighted by atomic mass is 10.1. The summed E-state index contributed by atoms with van der Waals surface area (Å²) in [7, 11) is 1.64. The van der Waals surface area contributed by atoms with Gasteiger partial charge in [-0.15, -0.1) is 0 Å². The first kappa shape index (κ1) is 14.4. The summed E-state index contributed by atoms with van der Waals surface area (Å²) in [6, 6.07) is 5.81. The van der Waals surface area contributed by atoms with Crippen LogP contribution in [0.25, 0.3) is 0 Å². The van der Waals surface area contributed by atoms with Crippen molar-refractivity contribution >= 4 is 5.91 Å². The third-order valence-corrected chi connectivity index (χ3v) is 2.53. The van der Waals surface area contributed by atoms with Crippen molar-refractivity contribution in [3.63, 3.8) is 0 Å². The van der Waals surface area contributed by atoms with Crippen molar-refractivity contribution in [2.24, 2.45) is 0 Å². The van der Waals surface area contributed by atoms with Crippen LogP contribution in [0.15, 0.2) is 18.2 Å². The first-order chi connectivity index (χ1) is 8.71. The molecule has 1 aromatic carbocycles. The summed E-state index contributed by atoms with van der Waals surface area (Å²) in [6.07, 6.45) is 1.18. The van der Waals surface area contributed by atoms with Gasteiger partial charge in [0.15, 0.2) is 11.5 Å². The zero-order chi connectivity index (χ0) is 13.4. The van der Waals surface area contributed by atoms with E-state index in [1.807, 2.05) is 32.0 Å². The first-order valence-electron chi connectivity index (χ1n) is 6.30. The molecule has 18 heavy (non-hydrogen) atoms. The minimum absolute atomic E-state index is 0.0434. The molecular formula is C14H21NO3. The van der Waals surface area contributed by atoms with Crippen molar-refractivity contribution in [3.05, 3.63) is 23.8 Å². The summed E-state index contributed by atoms with van der Waals surface area (Å²) in [5, 5.41) is 2.61. The van der Waals surface area contributed by atoms with Crippen molar-refractivity contribution in [3.8, 4) is 11.5 Å². The number of carbonyl (C=O) groups is 1. The van der Waals surface area contributed by atoms with Crippen LogP contribution in [0.3, 0.4) is 0 Å². The van der Waals surface area contributed by atoms with Crippen LogP contribution in [-0.2, 0) is 11.2 Å². The third-order valence-electron chi connectivity index (χ3n) is 2.53. The number of carbonyl (C=O) groups excluding carboxylic acids is 1. The van der Waals surface area contributed by atoms with Gasteiger partial charge in [0.25, 0.3) is 0 Å². The molecule has 0 aromatic heterocycles. The predicted molar refractivity (Wildman–Crippen MR) is 71.2 cm³/mol. The predicted octanol–water partition coefficient (Wildman–Crippen LogP) is 2.16. The van der Waals surface area contributed by atoms with Gasteiger partial charge in [0.1, 0.15) is 0 Å². The fraction of sp³-hybridized carbons (Fsp3) is 0.500. The number of benzene rings is 1. The molecule has 0 aliphatic heterocycles. The Morgan fingerprint density at radius 1 is 1.17 bits per heavy atom. The smallest absolute Gasteiger partial charge is 0.220 e. The lowest BCUT2D eigenvalue weighted by Gasteiger charge is -2.12. The Kier molecular flexibility index (Phi) is 6.05. The maximum atomic E-state index is 11.2. The van der Waals surface area contributed by atoms with E-state index in [0.29, 0.717) is 26.1 Å². The van der Waals surface area contributed by atoms with Gasteiger partial charge in [0, 0.05) is 13.5 Å². The maximum Gasteiger partial charge on any atom is 0.220 e. The summed E-state index contributed by atoms with van der Waals surface area (Å²) in [6.45, 7) is 5.08. The van der Waals surface area contributed by atoms with Crippen molar-refractivity contribution in [1.82, 2.24) is 5.32 Å². The lowest BCUT2D eigenvalue weighted by molar-refractivity contribution is -0.120. The second-order valence-corrected chi connectivity index (χ2v) is 3.82. The topological polar surface area (TPSA) is 47.6 Å². The molecule has 0 saturated carbocycles. The fourth-order valence-electron chi connectivity index (χ4n) is 1.63. The Hall–Kier alpha value is -1.71. The highest BCUT2D eigenvalue weighted by Gasteiger charge is 2.07. The molecule has 0 atom stereocenters. The molecule has 0 heterocycles. The van der Waals surface area contributed by atoms with E-state index in [9.17, 15) is 4.79 Å². The highest BCUT2D eigenvalue weighted by Crippen LogP contribution is 2.28. The molecule has 100 valence electrons. The number of ether oxygens (including phenoxy) is 2. The molecular weight excluding hydrogens is 230 g/mol. The molecule has 0 aliphatic carbocycles. The lowest BCUT2D eigenvalue weighted by Crippen LogP contribution is -2.17. The van der Waals surface area contributed by atoms with Gasteiger partial charge in [-0.3, -0.25) is 4.79 Å². The van der Waals surface area contributed by atoms with E-state index in [4.69, 9.17) is 9.47 Å². The molecule has 1 amide bonds. The summed E-state index contributed by atoms with van der Waals surface area (Å²) >= 11 is 0. The van der Waals surface area contributed by atoms with E-state index in [0.717, 1.165) is 17.1 Å². The first-order valence-corrected chi connectivity index (χ1v) is 6.30. The van der Waals surface area contributed by atoms with Crippen LogP contribution in [0.4, 0.5) is 0 Å². The number of nitrogens with one attached hydrogen (secondary N) is 1. The molecule has 0 radical (unpaired) electrons. The summed E-state index contributed by atoms with van der Waals surface area (Å²) in [4.78, 5) is 11.2. The van der Waals surface area contributed by atoms with Crippen molar-refractivity contribution in [1.29, 1.82) is 0 Å².